The number of carbonyl (C=O) groups is 2. The lowest BCUT2D eigenvalue weighted by Gasteiger charge is -2.06. The molecule has 1 amide bonds. The molecule has 6 heteroatoms. The number of nitrogens with zero attached hydrogens (tertiary/aromatic N) is 1. The maximum atomic E-state index is 11.6. The van der Waals surface area contributed by atoms with Gasteiger partial charge in [0.2, 0.25) is 5.91 Å². The lowest BCUT2D eigenvalue weighted by molar-refractivity contribution is -0.111. The third-order valence-electron chi connectivity index (χ3n) is 2.32. The Hall–Kier alpha value is -2.65. The molecule has 1 aromatic rings. The van der Waals surface area contributed by atoms with Crippen LogP contribution >= 0.6 is 0 Å². The highest BCUT2D eigenvalue weighted by atomic mass is 16.5. The molecule has 0 saturated carbocycles. The van der Waals surface area contributed by atoms with E-state index < -0.39 is 11.9 Å². The monoisotopic (exact) mass is 274 g/mol. The topological polar surface area (TPSA) is 99.4 Å². The average molecular weight is 274 g/mol. The molecule has 20 heavy (non-hydrogen) atoms. The van der Waals surface area contributed by atoms with E-state index in [1.54, 1.807) is 0 Å². The van der Waals surface area contributed by atoms with Crippen molar-refractivity contribution in [2.45, 2.75) is 6.92 Å². The number of amides is 1. The molecule has 0 aliphatic heterocycles. The zero-order chi connectivity index (χ0) is 15.0. The minimum absolute atomic E-state index is 0.129. The Labute approximate surface area is 116 Å². The Morgan fingerprint density at radius 1 is 1.50 bits per heavy atom. The molecular weight excluding hydrogens is 260 g/mol. The molecule has 2 N–H and O–H groups in total. The summed E-state index contributed by atoms with van der Waals surface area (Å²) in [6, 6.07) is 5.88. The largest absolute Gasteiger partial charge is 0.478 e. The van der Waals surface area contributed by atoms with Crippen LogP contribution in [-0.4, -0.2) is 30.2 Å². The zero-order valence-corrected chi connectivity index (χ0v) is 10.9. The Balaban J connectivity index is 2.82. The quantitative estimate of drug-likeness (QED) is 0.608. The van der Waals surface area contributed by atoms with E-state index in [1.807, 2.05) is 13.0 Å². The number of benzene rings is 1. The zero-order valence-electron chi connectivity index (χ0n) is 10.9. The maximum absolute atomic E-state index is 11.6. The van der Waals surface area contributed by atoms with Gasteiger partial charge in [0.25, 0.3) is 0 Å². The Bertz CT molecular complexity index is 573. The minimum atomic E-state index is -1.21. The van der Waals surface area contributed by atoms with E-state index in [2.05, 4.69) is 5.32 Å². The molecule has 0 aromatic heterocycles. The molecule has 0 saturated heterocycles. The van der Waals surface area contributed by atoms with Crippen molar-refractivity contribution >= 4 is 17.6 Å². The Morgan fingerprint density at radius 3 is 2.85 bits per heavy atom. The molecule has 0 aliphatic rings. The van der Waals surface area contributed by atoms with E-state index in [4.69, 9.17) is 15.1 Å². The predicted octanol–water partition coefficient (Wildman–Crippen LogP) is 1.79. The van der Waals surface area contributed by atoms with Crippen LogP contribution in [0.1, 0.15) is 22.8 Å². The third-order valence-corrected chi connectivity index (χ3v) is 2.32. The van der Waals surface area contributed by atoms with Crippen molar-refractivity contribution in [2.24, 2.45) is 0 Å². The van der Waals surface area contributed by atoms with Crippen LogP contribution in [0, 0.1) is 11.3 Å². The highest BCUT2D eigenvalue weighted by molar-refractivity contribution is 6.04. The SMILES string of the molecule is CCOC/C=C/C(=O)Nc1ccc(C#N)cc1C(=O)O. The van der Waals surface area contributed by atoms with E-state index in [-0.39, 0.29) is 16.8 Å². The fourth-order valence-electron chi connectivity index (χ4n) is 1.42. The Morgan fingerprint density at radius 2 is 2.25 bits per heavy atom. The Kier molecular flexibility index (Phi) is 5.94. The second-order valence-corrected chi connectivity index (χ2v) is 3.73. The van der Waals surface area contributed by atoms with Gasteiger partial charge in [-0.1, -0.05) is 6.08 Å². The van der Waals surface area contributed by atoms with Gasteiger partial charge in [0.1, 0.15) is 0 Å². The van der Waals surface area contributed by atoms with E-state index >= 15 is 0 Å². The van der Waals surface area contributed by atoms with Crippen molar-refractivity contribution in [3.05, 3.63) is 41.5 Å². The second kappa shape index (κ2) is 7.71. The number of nitrogens with one attached hydrogen (secondary N) is 1. The molecule has 6 nitrogen and oxygen atoms in total. The molecular formula is C14H14N2O4. The van der Waals surface area contributed by atoms with Crippen molar-refractivity contribution in [1.82, 2.24) is 0 Å². The molecule has 0 spiro atoms. The number of carboxylic acids is 1. The van der Waals surface area contributed by atoms with Crippen LogP contribution in [0.3, 0.4) is 0 Å². The molecule has 0 heterocycles. The maximum Gasteiger partial charge on any atom is 0.337 e. The number of nitriles is 1. The number of carboxylic acid groups (broad SMARTS) is 1. The summed E-state index contributed by atoms with van der Waals surface area (Å²) in [5.74, 6) is -1.67. The fraction of sp³-hybridized carbons (Fsp3) is 0.214. The van der Waals surface area contributed by atoms with Crippen LogP contribution in [0.5, 0.6) is 0 Å². The van der Waals surface area contributed by atoms with Gasteiger partial charge in [-0.25, -0.2) is 4.79 Å². The summed E-state index contributed by atoms with van der Waals surface area (Å²) >= 11 is 0. The van der Waals surface area contributed by atoms with Gasteiger partial charge in [0, 0.05) is 12.7 Å². The van der Waals surface area contributed by atoms with Gasteiger partial charge in [-0.2, -0.15) is 5.26 Å². The van der Waals surface area contributed by atoms with Crippen LogP contribution in [-0.2, 0) is 9.53 Å². The smallest absolute Gasteiger partial charge is 0.337 e. The van der Waals surface area contributed by atoms with Crippen LogP contribution < -0.4 is 5.32 Å². The average Bonchev–Trinajstić information content (AvgIpc) is 2.43. The first-order chi connectivity index (χ1) is 9.58. The number of hydrogen-bond donors (Lipinski definition) is 2. The van der Waals surface area contributed by atoms with Crippen LogP contribution in [0.4, 0.5) is 5.69 Å². The van der Waals surface area contributed by atoms with Crippen molar-refractivity contribution < 1.29 is 19.4 Å². The van der Waals surface area contributed by atoms with E-state index in [0.29, 0.717) is 13.2 Å². The van der Waals surface area contributed by atoms with Crippen molar-refractivity contribution in [2.75, 3.05) is 18.5 Å². The van der Waals surface area contributed by atoms with Crippen LogP contribution in [0.25, 0.3) is 0 Å². The van der Waals surface area contributed by atoms with Crippen molar-refractivity contribution in [3.63, 3.8) is 0 Å². The standard InChI is InChI=1S/C14H14N2O4/c1-2-20-7-3-4-13(17)16-12-6-5-10(9-15)8-11(12)14(18)19/h3-6,8H,2,7H2,1H3,(H,16,17)(H,18,19)/b4-3+. The molecule has 0 atom stereocenters. The molecule has 1 aromatic carbocycles. The predicted molar refractivity (Wildman–Crippen MR) is 72.4 cm³/mol. The number of hydrogen-bond acceptors (Lipinski definition) is 4. The summed E-state index contributed by atoms with van der Waals surface area (Å²) in [6.07, 6.45) is 2.79. The van der Waals surface area contributed by atoms with Gasteiger partial charge in [-0.15, -0.1) is 0 Å². The first-order valence-electron chi connectivity index (χ1n) is 5.91. The molecule has 0 bridgehead atoms. The van der Waals surface area contributed by atoms with E-state index in [1.165, 1.54) is 30.4 Å². The first kappa shape index (κ1) is 15.4. The molecule has 1 rings (SSSR count). The van der Waals surface area contributed by atoms with Crippen LogP contribution in [0.15, 0.2) is 30.4 Å². The summed E-state index contributed by atoms with van der Waals surface area (Å²) in [6.45, 7) is 2.69. The summed E-state index contributed by atoms with van der Waals surface area (Å²) in [5, 5.41) is 20.2. The summed E-state index contributed by atoms with van der Waals surface area (Å²) in [7, 11) is 0. The number of ether oxygens (including phenoxy) is 1. The second-order valence-electron chi connectivity index (χ2n) is 3.73. The summed E-state index contributed by atoms with van der Waals surface area (Å²) < 4.78 is 5.03. The molecule has 0 aliphatic carbocycles. The molecule has 0 unspecified atom stereocenters. The van der Waals surface area contributed by atoms with Gasteiger partial charge >= 0.3 is 5.97 Å². The normalized spacial score (nSPS) is 10.2. The van der Waals surface area contributed by atoms with Gasteiger partial charge in [0.05, 0.1) is 29.5 Å². The van der Waals surface area contributed by atoms with Crippen molar-refractivity contribution in [1.29, 1.82) is 5.26 Å². The van der Waals surface area contributed by atoms with Gasteiger partial charge in [-0.3, -0.25) is 4.79 Å². The first-order valence-corrected chi connectivity index (χ1v) is 5.91. The van der Waals surface area contributed by atoms with Crippen molar-refractivity contribution in [3.8, 4) is 6.07 Å². The molecule has 104 valence electrons. The van der Waals surface area contributed by atoms with Gasteiger partial charge in [-0.05, 0) is 25.1 Å². The highest BCUT2D eigenvalue weighted by Crippen LogP contribution is 2.17. The number of anilines is 1. The van der Waals surface area contributed by atoms with E-state index in [0.717, 1.165) is 0 Å². The van der Waals surface area contributed by atoms with E-state index in [9.17, 15) is 9.59 Å². The molecule has 0 fully saturated rings. The number of carbonyl (C=O) groups excluding carboxylic acids is 1. The number of rotatable bonds is 6. The fourth-order valence-corrected chi connectivity index (χ4v) is 1.42. The summed E-state index contributed by atoms with van der Waals surface area (Å²) in [4.78, 5) is 22.7. The number of aromatic carboxylic acids is 1. The minimum Gasteiger partial charge on any atom is -0.478 e. The lowest BCUT2D eigenvalue weighted by Crippen LogP contribution is -2.12. The van der Waals surface area contributed by atoms with Crippen LogP contribution in [0.2, 0.25) is 0 Å². The lowest BCUT2D eigenvalue weighted by atomic mass is 10.1. The summed E-state index contributed by atoms with van der Waals surface area (Å²) in [5.41, 5.74) is 0.227. The third kappa shape index (κ3) is 4.55. The molecule has 0 radical (unpaired) electrons. The van der Waals surface area contributed by atoms with Gasteiger partial charge in [0.15, 0.2) is 0 Å². The highest BCUT2D eigenvalue weighted by Gasteiger charge is 2.12. The van der Waals surface area contributed by atoms with Gasteiger partial charge < -0.3 is 15.2 Å².